The van der Waals surface area contributed by atoms with Gasteiger partial charge in [-0.1, -0.05) is 0 Å². The molecular weight excluding hydrogens is 412 g/mol. The Bertz CT molecular complexity index is 583. The largest absolute Gasteiger partial charge is 0.394 e. The first kappa shape index (κ1) is 23.7. The molecule has 10 heteroatoms. The van der Waals surface area contributed by atoms with Gasteiger partial charge in [-0.05, 0) is 50.9 Å². The maximum atomic E-state index is 10.5. The number of rotatable bonds is 4. The third-order valence-corrected chi connectivity index (χ3v) is 7.56. The highest BCUT2D eigenvalue weighted by molar-refractivity contribution is 4.98. The van der Waals surface area contributed by atoms with Crippen molar-refractivity contribution in [1.29, 1.82) is 0 Å². The molecular formula is C21H36O10. The van der Waals surface area contributed by atoms with E-state index < -0.39 is 61.7 Å². The zero-order valence-electron chi connectivity index (χ0n) is 17.5. The molecule has 0 aromatic rings. The van der Waals surface area contributed by atoms with Crippen LogP contribution >= 0.6 is 0 Å². The molecule has 2 saturated heterocycles. The van der Waals surface area contributed by atoms with E-state index in [0.29, 0.717) is 25.7 Å². The number of ether oxygens (including phenoxy) is 3. The molecule has 0 radical (unpaired) electrons. The van der Waals surface area contributed by atoms with E-state index in [0.717, 1.165) is 12.8 Å². The third kappa shape index (κ3) is 4.93. The van der Waals surface area contributed by atoms with Gasteiger partial charge in [0.1, 0.15) is 24.4 Å². The van der Waals surface area contributed by atoms with Crippen LogP contribution in [-0.2, 0) is 14.2 Å². The molecule has 11 atom stereocenters. The van der Waals surface area contributed by atoms with Gasteiger partial charge in [0.2, 0.25) is 0 Å². The molecule has 4 rings (SSSR count). The minimum absolute atomic E-state index is 0.0930. The minimum atomic E-state index is -1.54. The Balaban J connectivity index is 1.52. The van der Waals surface area contributed by atoms with E-state index in [1.54, 1.807) is 0 Å². The van der Waals surface area contributed by atoms with Gasteiger partial charge in [-0.3, -0.25) is 0 Å². The third-order valence-electron chi connectivity index (χ3n) is 7.56. The van der Waals surface area contributed by atoms with Gasteiger partial charge in [0.25, 0.3) is 0 Å². The molecule has 7 N–H and O–H groups in total. The summed E-state index contributed by atoms with van der Waals surface area (Å²) in [6.45, 7) is -0.544. The van der Waals surface area contributed by atoms with Crippen molar-refractivity contribution in [3.05, 3.63) is 0 Å². The molecule has 31 heavy (non-hydrogen) atoms. The molecule has 0 spiro atoms. The molecule has 0 aromatic heterocycles. The SMILES string of the molecule is OC[C@H]1O[C@H](OC2CC3C(O)CC(O)CC3OC2C2CCC(O)CC2)[C@H](O)[C@H](O)[C@H]1O. The van der Waals surface area contributed by atoms with Crippen LogP contribution in [0.15, 0.2) is 0 Å². The first-order valence-electron chi connectivity index (χ1n) is 11.4. The van der Waals surface area contributed by atoms with E-state index in [2.05, 4.69) is 0 Å². The summed E-state index contributed by atoms with van der Waals surface area (Å²) in [7, 11) is 0. The lowest BCUT2D eigenvalue weighted by Gasteiger charge is -2.50. The van der Waals surface area contributed by atoms with Crippen LogP contribution in [-0.4, -0.2) is 110 Å². The van der Waals surface area contributed by atoms with Crippen LogP contribution in [0.1, 0.15) is 44.9 Å². The predicted octanol–water partition coefficient (Wildman–Crippen LogP) is -1.99. The van der Waals surface area contributed by atoms with Gasteiger partial charge in [0, 0.05) is 5.92 Å². The van der Waals surface area contributed by atoms with Crippen molar-refractivity contribution in [2.45, 2.75) is 112 Å². The quantitative estimate of drug-likeness (QED) is 0.256. The van der Waals surface area contributed by atoms with Crippen LogP contribution in [0.3, 0.4) is 0 Å². The molecule has 10 nitrogen and oxygen atoms in total. The minimum Gasteiger partial charge on any atom is -0.394 e. The second-order valence-electron chi connectivity index (χ2n) is 9.67. The summed E-state index contributed by atoms with van der Waals surface area (Å²) in [5.74, 6) is -0.154. The van der Waals surface area contributed by atoms with Gasteiger partial charge in [-0.15, -0.1) is 0 Å². The van der Waals surface area contributed by atoms with Gasteiger partial charge >= 0.3 is 0 Å². The average molecular weight is 449 g/mol. The molecule has 2 aliphatic heterocycles. The Morgan fingerprint density at radius 1 is 0.742 bits per heavy atom. The molecule has 180 valence electrons. The fourth-order valence-corrected chi connectivity index (χ4v) is 5.73. The summed E-state index contributed by atoms with van der Waals surface area (Å²) in [4.78, 5) is 0. The highest BCUT2D eigenvalue weighted by Gasteiger charge is 2.51. The molecule has 2 aliphatic carbocycles. The van der Waals surface area contributed by atoms with Gasteiger partial charge in [-0.25, -0.2) is 0 Å². The first-order valence-corrected chi connectivity index (χ1v) is 11.4. The van der Waals surface area contributed by atoms with Gasteiger partial charge in [0.15, 0.2) is 6.29 Å². The topological polar surface area (TPSA) is 169 Å². The van der Waals surface area contributed by atoms with Crippen molar-refractivity contribution >= 4 is 0 Å². The normalized spacial score (nSPS) is 53.7. The first-order chi connectivity index (χ1) is 14.8. The number of hydrogen-bond acceptors (Lipinski definition) is 10. The summed E-state index contributed by atoms with van der Waals surface area (Å²) in [6.07, 6.45) is -5.94. The summed E-state index contributed by atoms with van der Waals surface area (Å²) in [6, 6.07) is 0. The van der Waals surface area contributed by atoms with E-state index in [1.807, 2.05) is 0 Å². The lowest BCUT2D eigenvalue weighted by molar-refractivity contribution is -0.332. The van der Waals surface area contributed by atoms with E-state index in [-0.39, 0.29) is 30.5 Å². The van der Waals surface area contributed by atoms with E-state index >= 15 is 0 Å². The smallest absolute Gasteiger partial charge is 0.187 e. The fraction of sp³-hybridized carbons (Fsp3) is 1.00. The van der Waals surface area contributed by atoms with E-state index in [1.165, 1.54) is 0 Å². The molecule has 4 aliphatic rings. The van der Waals surface area contributed by atoms with Crippen molar-refractivity contribution < 1.29 is 50.0 Å². The van der Waals surface area contributed by atoms with Crippen molar-refractivity contribution in [3.8, 4) is 0 Å². The Labute approximate surface area is 181 Å². The zero-order valence-corrected chi connectivity index (χ0v) is 17.5. The summed E-state index contributed by atoms with van der Waals surface area (Å²) in [5.41, 5.74) is 0. The highest BCUT2D eigenvalue weighted by atomic mass is 16.7. The molecule has 2 heterocycles. The van der Waals surface area contributed by atoms with Crippen molar-refractivity contribution in [1.82, 2.24) is 0 Å². The van der Waals surface area contributed by atoms with E-state index in [9.17, 15) is 35.7 Å². The Kier molecular flexibility index (Phi) is 7.54. The van der Waals surface area contributed by atoms with Crippen molar-refractivity contribution in [2.24, 2.45) is 11.8 Å². The monoisotopic (exact) mass is 448 g/mol. The van der Waals surface area contributed by atoms with Crippen LogP contribution in [0.4, 0.5) is 0 Å². The summed E-state index contributed by atoms with van der Waals surface area (Å²) < 4.78 is 18.0. The van der Waals surface area contributed by atoms with Gasteiger partial charge in [0.05, 0.1) is 43.2 Å². The number of fused-ring (bicyclic) bond motifs is 1. The number of aliphatic hydroxyl groups excluding tert-OH is 7. The number of hydrogen-bond donors (Lipinski definition) is 7. The molecule has 0 bridgehead atoms. The maximum absolute atomic E-state index is 10.5. The lowest BCUT2D eigenvalue weighted by atomic mass is 9.73. The lowest BCUT2D eigenvalue weighted by Crippen LogP contribution is -2.62. The fourth-order valence-electron chi connectivity index (χ4n) is 5.73. The van der Waals surface area contributed by atoms with Crippen LogP contribution in [0.2, 0.25) is 0 Å². The van der Waals surface area contributed by atoms with Gasteiger partial charge < -0.3 is 50.0 Å². The van der Waals surface area contributed by atoms with Gasteiger partial charge in [-0.2, -0.15) is 0 Å². The maximum Gasteiger partial charge on any atom is 0.187 e. The van der Waals surface area contributed by atoms with Crippen LogP contribution in [0.5, 0.6) is 0 Å². The predicted molar refractivity (Wildman–Crippen MR) is 105 cm³/mol. The Morgan fingerprint density at radius 3 is 2.13 bits per heavy atom. The number of aliphatic hydroxyl groups is 7. The zero-order chi connectivity index (χ0) is 22.3. The molecule has 2 saturated carbocycles. The summed E-state index contributed by atoms with van der Waals surface area (Å²) >= 11 is 0. The molecule has 6 unspecified atom stereocenters. The molecule has 4 fully saturated rings. The van der Waals surface area contributed by atoms with Crippen molar-refractivity contribution in [2.75, 3.05) is 6.61 Å². The average Bonchev–Trinajstić information content (AvgIpc) is 2.74. The second-order valence-corrected chi connectivity index (χ2v) is 9.67. The Morgan fingerprint density at radius 2 is 1.45 bits per heavy atom. The Hall–Kier alpha value is -0.400. The van der Waals surface area contributed by atoms with E-state index in [4.69, 9.17) is 14.2 Å². The van der Waals surface area contributed by atoms with Crippen molar-refractivity contribution in [3.63, 3.8) is 0 Å². The molecule has 0 aromatic carbocycles. The highest BCUT2D eigenvalue weighted by Crippen LogP contribution is 2.43. The summed E-state index contributed by atoms with van der Waals surface area (Å²) in [5, 5.41) is 70.5. The molecule has 0 amide bonds. The second kappa shape index (κ2) is 9.84. The van der Waals surface area contributed by atoms with Crippen LogP contribution < -0.4 is 0 Å². The standard InChI is InChI=1S/C21H36O10/c22-8-16-17(26)18(27)19(28)21(31-16)30-15-7-12-13(25)5-11(24)6-14(12)29-20(15)9-1-3-10(23)4-2-9/h9-28H,1-8H2/t9?,10?,11?,12?,13?,14?,15?,16-,17+,18-,19-,20?,21+/m1/s1. The van der Waals surface area contributed by atoms with Crippen LogP contribution in [0.25, 0.3) is 0 Å². The van der Waals surface area contributed by atoms with Crippen LogP contribution in [0, 0.1) is 11.8 Å².